The minimum Gasteiger partial charge on any atom is -0.497 e. The van der Waals surface area contributed by atoms with Crippen molar-refractivity contribution in [3.63, 3.8) is 0 Å². The molecule has 0 saturated heterocycles. The van der Waals surface area contributed by atoms with Crippen LogP contribution in [0.2, 0.25) is 0 Å². The molecule has 0 unspecified atom stereocenters. The second-order valence-electron chi connectivity index (χ2n) is 7.78. The Kier molecular flexibility index (Phi) is 10.1. The Bertz CT molecular complexity index is 964. The number of ether oxygens (including phenoxy) is 3. The largest absolute Gasteiger partial charge is 0.497 e. The van der Waals surface area contributed by atoms with Crippen LogP contribution in [0.5, 0.6) is 17.2 Å². The predicted octanol–water partition coefficient (Wildman–Crippen LogP) is 2.92. The van der Waals surface area contributed by atoms with Crippen LogP contribution in [0.15, 0.2) is 41.4 Å². The number of nitrogens with one attached hydrogen (secondary N) is 1. The average molecular weight is 568 g/mol. The van der Waals surface area contributed by atoms with Gasteiger partial charge in [0, 0.05) is 27.2 Å². The van der Waals surface area contributed by atoms with Gasteiger partial charge in [-0.15, -0.1) is 24.0 Å². The molecule has 0 fully saturated rings. The van der Waals surface area contributed by atoms with E-state index in [1.165, 1.54) is 5.56 Å². The number of methoxy groups -OCH3 is 3. The van der Waals surface area contributed by atoms with Crippen molar-refractivity contribution in [3.05, 3.63) is 53.1 Å². The van der Waals surface area contributed by atoms with Crippen LogP contribution >= 0.6 is 24.0 Å². The zero-order valence-corrected chi connectivity index (χ0v) is 22.2. The highest BCUT2D eigenvalue weighted by Gasteiger charge is 2.22. The molecule has 0 spiro atoms. The van der Waals surface area contributed by atoms with Crippen LogP contribution in [-0.4, -0.2) is 70.2 Å². The molecule has 0 aromatic heterocycles. The average Bonchev–Trinajstić information content (AvgIpc) is 2.82. The number of guanidine groups is 1. The van der Waals surface area contributed by atoms with E-state index < -0.39 is 0 Å². The molecule has 0 aliphatic carbocycles. The topological polar surface area (TPSA) is 75.6 Å². The van der Waals surface area contributed by atoms with Gasteiger partial charge in [-0.25, -0.2) is 4.99 Å². The number of benzene rings is 2. The van der Waals surface area contributed by atoms with E-state index in [4.69, 9.17) is 19.2 Å². The summed E-state index contributed by atoms with van der Waals surface area (Å²) in [5, 5.41) is 3.25. The van der Waals surface area contributed by atoms with Crippen LogP contribution < -0.4 is 19.5 Å². The van der Waals surface area contributed by atoms with Crippen LogP contribution in [0.4, 0.5) is 0 Å². The number of rotatable bonds is 7. The summed E-state index contributed by atoms with van der Waals surface area (Å²) in [6, 6.07) is 11.9. The third-order valence-electron chi connectivity index (χ3n) is 5.48. The van der Waals surface area contributed by atoms with E-state index >= 15 is 0 Å². The van der Waals surface area contributed by atoms with Crippen molar-refractivity contribution in [3.8, 4) is 17.2 Å². The monoisotopic (exact) mass is 568 g/mol. The summed E-state index contributed by atoms with van der Waals surface area (Å²) in [6.07, 6.45) is 0.848. The molecule has 1 aliphatic rings. The van der Waals surface area contributed by atoms with E-state index in [0.717, 1.165) is 35.6 Å². The quantitative estimate of drug-likeness (QED) is 0.315. The Morgan fingerprint density at radius 3 is 2.24 bits per heavy atom. The summed E-state index contributed by atoms with van der Waals surface area (Å²) in [4.78, 5) is 20.7. The van der Waals surface area contributed by atoms with Gasteiger partial charge in [0.1, 0.15) is 5.75 Å². The lowest BCUT2D eigenvalue weighted by Crippen LogP contribution is -2.47. The molecule has 0 radical (unpaired) electrons. The van der Waals surface area contributed by atoms with E-state index in [1.54, 1.807) is 40.3 Å². The van der Waals surface area contributed by atoms with Crippen molar-refractivity contribution < 1.29 is 19.0 Å². The van der Waals surface area contributed by atoms with Crippen molar-refractivity contribution in [2.75, 3.05) is 48.5 Å². The van der Waals surface area contributed by atoms with Crippen LogP contribution in [0.1, 0.15) is 16.7 Å². The molecule has 1 amide bonds. The molecule has 0 bridgehead atoms. The first-order chi connectivity index (χ1) is 15.4. The van der Waals surface area contributed by atoms with Gasteiger partial charge in [-0.05, 0) is 47.4 Å². The molecule has 9 heteroatoms. The first-order valence-corrected chi connectivity index (χ1v) is 10.5. The van der Waals surface area contributed by atoms with Gasteiger partial charge >= 0.3 is 0 Å². The lowest BCUT2D eigenvalue weighted by atomic mass is 9.99. The molecule has 2 aromatic carbocycles. The van der Waals surface area contributed by atoms with Gasteiger partial charge in [0.2, 0.25) is 5.91 Å². The molecular formula is C24H33IN4O4. The highest BCUT2D eigenvalue weighted by atomic mass is 127. The fraction of sp³-hybridized carbons (Fsp3) is 0.417. The SMILES string of the molecule is COc1ccc(CN=C(NCC(=O)N(C)C)N2CCc3cc(OC)c(OC)cc3C2)cc1.I. The lowest BCUT2D eigenvalue weighted by Gasteiger charge is -2.32. The van der Waals surface area contributed by atoms with Gasteiger partial charge in [0.25, 0.3) is 0 Å². The van der Waals surface area contributed by atoms with Crippen molar-refractivity contribution in [1.29, 1.82) is 0 Å². The van der Waals surface area contributed by atoms with Gasteiger partial charge in [-0.1, -0.05) is 12.1 Å². The highest BCUT2D eigenvalue weighted by Crippen LogP contribution is 2.33. The van der Waals surface area contributed by atoms with Gasteiger partial charge in [-0.3, -0.25) is 4.79 Å². The smallest absolute Gasteiger partial charge is 0.241 e. The number of carbonyl (C=O) groups is 1. The standard InChI is InChI=1S/C24H32N4O4.HI/c1-27(2)23(29)15-26-24(25-14-17-6-8-20(30-3)9-7-17)28-11-10-18-12-21(31-4)22(32-5)13-19(18)16-28;/h6-9,12-13H,10-11,14-16H2,1-5H3,(H,25,26);1H. The lowest BCUT2D eigenvalue weighted by molar-refractivity contribution is -0.127. The van der Waals surface area contributed by atoms with Crippen molar-refractivity contribution in [2.45, 2.75) is 19.5 Å². The second-order valence-corrected chi connectivity index (χ2v) is 7.78. The number of nitrogens with zero attached hydrogens (tertiary/aromatic N) is 3. The van der Waals surface area contributed by atoms with Crippen molar-refractivity contribution in [2.24, 2.45) is 4.99 Å². The molecule has 1 N–H and O–H groups in total. The van der Waals surface area contributed by atoms with Gasteiger partial charge in [-0.2, -0.15) is 0 Å². The maximum Gasteiger partial charge on any atom is 0.241 e. The van der Waals surface area contributed by atoms with Crippen LogP contribution in [0, 0.1) is 0 Å². The van der Waals surface area contributed by atoms with Gasteiger partial charge < -0.3 is 29.3 Å². The first-order valence-electron chi connectivity index (χ1n) is 10.5. The molecule has 0 atom stereocenters. The van der Waals surface area contributed by atoms with E-state index in [2.05, 4.69) is 10.2 Å². The number of aliphatic imine (C=N–C) groups is 1. The third kappa shape index (κ3) is 6.89. The molecule has 8 nitrogen and oxygen atoms in total. The van der Waals surface area contributed by atoms with E-state index in [-0.39, 0.29) is 36.4 Å². The molecule has 180 valence electrons. The number of amides is 1. The van der Waals surface area contributed by atoms with Crippen molar-refractivity contribution >= 4 is 35.8 Å². The summed E-state index contributed by atoms with van der Waals surface area (Å²) in [6.45, 7) is 2.13. The highest BCUT2D eigenvalue weighted by molar-refractivity contribution is 14.0. The van der Waals surface area contributed by atoms with E-state index in [0.29, 0.717) is 24.8 Å². The number of fused-ring (bicyclic) bond motifs is 1. The summed E-state index contributed by atoms with van der Waals surface area (Å²) in [7, 11) is 8.43. The third-order valence-corrected chi connectivity index (χ3v) is 5.48. The first kappa shape index (κ1) is 26.6. The minimum atomic E-state index is -0.00837. The van der Waals surface area contributed by atoms with Crippen molar-refractivity contribution in [1.82, 2.24) is 15.1 Å². The minimum absolute atomic E-state index is 0. The molecule has 2 aromatic rings. The zero-order valence-electron chi connectivity index (χ0n) is 19.9. The number of carbonyl (C=O) groups excluding carboxylic acids is 1. The van der Waals surface area contributed by atoms with Crippen LogP contribution in [0.25, 0.3) is 0 Å². The summed E-state index contributed by atoms with van der Waals surface area (Å²) in [5.41, 5.74) is 3.46. The molecular weight excluding hydrogens is 535 g/mol. The molecule has 0 saturated carbocycles. The Morgan fingerprint density at radius 1 is 1.03 bits per heavy atom. The maximum atomic E-state index is 12.2. The Hall–Kier alpha value is -2.69. The van der Waals surface area contributed by atoms with E-state index in [9.17, 15) is 4.79 Å². The number of halogens is 1. The van der Waals surface area contributed by atoms with Gasteiger partial charge in [0.15, 0.2) is 17.5 Å². The number of hydrogen-bond donors (Lipinski definition) is 1. The second kappa shape index (κ2) is 12.5. The summed E-state index contributed by atoms with van der Waals surface area (Å²) in [5.74, 6) is 2.95. The molecule has 33 heavy (non-hydrogen) atoms. The Balaban J connectivity index is 0.00000385. The van der Waals surface area contributed by atoms with Crippen LogP contribution in [-0.2, 0) is 24.3 Å². The summed E-state index contributed by atoms with van der Waals surface area (Å²) >= 11 is 0. The van der Waals surface area contributed by atoms with Gasteiger partial charge in [0.05, 0.1) is 34.4 Å². The normalized spacial score (nSPS) is 12.9. The molecule has 1 aliphatic heterocycles. The maximum absolute atomic E-state index is 12.2. The zero-order chi connectivity index (χ0) is 23.1. The molecule has 1 heterocycles. The predicted molar refractivity (Wildman–Crippen MR) is 140 cm³/mol. The fourth-order valence-electron chi connectivity index (χ4n) is 3.54. The number of hydrogen-bond acceptors (Lipinski definition) is 5. The van der Waals surface area contributed by atoms with E-state index in [1.807, 2.05) is 36.4 Å². The Morgan fingerprint density at radius 2 is 1.67 bits per heavy atom. The summed E-state index contributed by atoms with van der Waals surface area (Å²) < 4.78 is 16.1. The van der Waals surface area contributed by atoms with Crippen LogP contribution in [0.3, 0.4) is 0 Å². The fourth-order valence-corrected chi connectivity index (χ4v) is 3.54. The Labute approximate surface area is 212 Å². The molecule has 3 rings (SSSR count). The number of likely N-dealkylation sites (N-methyl/N-ethyl adjacent to an activating group) is 1.